The number of ether oxygens (including phenoxy) is 2. The molecule has 1 N–H and O–H groups in total. The number of nitrogens with zero attached hydrogens (tertiary/aromatic N) is 3. The van der Waals surface area contributed by atoms with Gasteiger partial charge in [0.2, 0.25) is 11.8 Å². The molecule has 4 aromatic rings. The SMILES string of the molecule is CCOC(=O)c1ccc(Oc2ccc(-c3cc(C)cc(Nc4nccc(C(F)(F)F)n4)c3)cn2)cc1. The first-order valence-corrected chi connectivity index (χ1v) is 10.9. The summed E-state index contributed by atoms with van der Waals surface area (Å²) >= 11 is 0. The number of nitrogens with one attached hydrogen (secondary N) is 1. The van der Waals surface area contributed by atoms with Crippen molar-refractivity contribution in [1.29, 1.82) is 0 Å². The molecule has 0 spiro atoms. The molecule has 0 aliphatic rings. The monoisotopic (exact) mass is 494 g/mol. The quantitative estimate of drug-likeness (QED) is 0.291. The van der Waals surface area contributed by atoms with Gasteiger partial charge in [-0.1, -0.05) is 6.07 Å². The highest BCUT2D eigenvalue weighted by atomic mass is 19.4. The Kier molecular flexibility index (Phi) is 7.14. The number of hydrogen-bond acceptors (Lipinski definition) is 7. The fraction of sp³-hybridized carbons (Fsp3) is 0.154. The van der Waals surface area contributed by atoms with Gasteiger partial charge in [0.05, 0.1) is 12.2 Å². The maximum atomic E-state index is 13.0. The van der Waals surface area contributed by atoms with Gasteiger partial charge in [0, 0.05) is 29.7 Å². The lowest BCUT2D eigenvalue weighted by atomic mass is 10.0. The van der Waals surface area contributed by atoms with Crippen molar-refractivity contribution in [2.75, 3.05) is 11.9 Å². The van der Waals surface area contributed by atoms with E-state index < -0.39 is 17.8 Å². The van der Waals surface area contributed by atoms with E-state index in [4.69, 9.17) is 9.47 Å². The Morgan fingerprint density at radius 1 is 0.972 bits per heavy atom. The molecule has 2 heterocycles. The third kappa shape index (κ3) is 6.15. The Hall–Kier alpha value is -4.47. The van der Waals surface area contributed by atoms with Crippen molar-refractivity contribution in [2.24, 2.45) is 0 Å². The van der Waals surface area contributed by atoms with Crippen molar-refractivity contribution in [2.45, 2.75) is 20.0 Å². The fourth-order valence-electron chi connectivity index (χ4n) is 3.33. The molecule has 0 bridgehead atoms. The topological polar surface area (TPSA) is 86.2 Å². The van der Waals surface area contributed by atoms with Crippen molar-refractivity contribution in [1.82, 2.24) is 15.0 Å². The van der Waals surface area contributed by atoms with Gasteiger partial charge < -0.3 is 14.8 Å². The molecule has 0 aliphatic carbocycles. The lowest BCUT2D eigenvalue weighted by molar-refractivity contribution is -0.141. The van der Waals surface area contributed by atoms with Gasteiger partial charge in [-0.05, 0) is 73.5 Å². The smallest absolute Gasteiger partial charge is 0.433 e. The van der Waals surface area contributed by atoms with Crippen molar-refractivity contribution in [3.8, 4) is 22.8 Å². The highest BCUT2D eigenvalue weighted by molar-refractivity contribution is 5.89. The first-order chi connectivity index (χ1) is 17.2. The summed E-state index contributed by atoms with van der Waals surface area (Å²) in [5.41, 5.74) is 2.38. The maximum absolute atomic E-state index is 13.0. The maximum Gasteiger partial charge on any atom is 0.433 e. The molecule has 10 heteroatoms. The zero-order valence-electron chi connectivity index (χ0n) is 19.3. The summed E-state index contributed by atoms with van der Waals surface area (Å²) < 4.78 is 49.6. The zero-order valence-corrected chi connectivity index (χ0v) is 19.3. The second kappa shape index (κ2) is 10.4. The lowest BCUT2D eigenvalue weighted by Crippen LogP contribution is -2.10. The molecular weight excluding hydrogens is 473 g/mol. The Bertz CT molecular complexity index is 1360. The highest BCUT2D eigenvalue weighted by Gasteiger charge is 2.32. The molecule has 184 valence electrons. The number of esters is 1. The van der Waals surface area contributed by atoms with E-state index in [0.717, 1.165) is 29.0 Å². The largest absolute Gasteiger partial charge is 0.462 e. The minimum Gasteiger partial charge on any atom is -0.462 e. The van der Waals surface area contributed by atoms with Crippen molar-refractivity contribution >= 4 is 17.6 Å². The minimum atomic E-state index is -4.56. The zero-order chi connectivity index (χ0) is 25.7. The molecule has 0 unspecified atom stereocenters. The van der Waals surface area contributed by atoms with Crippen LogP contribution in [0.15, 0.2) is 73.1 Å². The average Bonchev–Trinajstić information content (AvgIpc) is 2.84. The number of halogens is 3. The van der Waals surface area contributed by atoms with Gasteiger partial charge in [-0.2, -0.15) is 13.2 Å². The molecule has 4 rings (SSSR count). The molecule has 0 fully saturated rings. The van der Waals surface area contributed by atoms with E-state index >= 15 is 0 Å². The Labute approximate surface area is 205 Å². The molecule has 0 radical (unpaired) electrons. The summed E-state index contributed by atoms with van der Waals surface area (Å²) in [7, 11) is 0. The molecule has 0 atom stereocenters. The number of benzene rings is 2. The summed E-state index contributed by atoms with van der Waals surface area (Å²) in [4.78, 5) is 23.5. The Morgan fingerprint density at radius 2 is 1.75 bits per heavy atom. The molecule has 36 heavy (non-hydrogen) atoms. The van der Waals surface area contributed by atoms with Gasteiger partial charge in [-0.15, -0.1) is 0 Å². The van der Waals surface area contributed by atoms with Crippen LogP contribution in [0.2, 0.25) is 0 Å². The van der Waals surface area contributed by atoms with Crippen molar-refractivity contribution in [3.63, 3.8) is 0 Å². The summed E-state index contributed by atoms with van der Waals surface area (Å²) in [6, 6.07) is 16.3. The van der Waals surface area contributed by atoms with Crippen molar-refractivity contribution < 1.29 is 27.4 Å². The molecular formula is C26H21F3N4O3. The summed E-state index contributed by atoms with van der Waals surface area (Å²) in [6.07, 6.45) is -1.88. The van der Waals surface area contributed by atoms with Crippen molar-refractivity contribution in [3.05, 3.63) is 89.9 Å². The van der Waals surface area contributed by atoms with E-state index in [-0.39, 0.29) is 5.95 Å². The third-order valence-electron chi connectivity index (χ3n) is 4.94. The van der Waals surface area contributed by atoms with Crippen LogP contribution in [0.1, 0.15) is 28.5 Å². The number of pyridine rings is 1. The van der Waals surface area contributed by atoms with Gasteiger partial charge in [-0.3, -0.25) is 0 Å². The number of hydrogen-bond donors (Lipinski definition) is 1. The van der Waals surface area contributed by atoms with E-state index in [1.165, 1.54) is 0 Å². The number of rotatable bonds is 7. The van der Waals surface area contributed by atoms with Crippen LogP contribution in [0.25, 0.3) is 11.1 Å². The molecule has 0 saturated heterocycles. The predicted molar refractivity (Wildman–Crippen MR) is 127 cm³/mol. The van der Waals surface area contributed by atoms with E-state index in [2.05, 4.69) is 20.3 Å². The highest BCUT2D eigenvalue weighted by Crippen LogP contribution is 2.30. The number of alkyl halides is 3. The molecule has 0 aliphatic heterocycles. The standard InChI is InChI=1S/C26H21F3N4O3/c1-3-35-24(34)17-4-7-21(8-5-17)36-23-9-6-18(15-31-23)19-12-16(2)13-20(14-19)32-25-30-11-10-22(33-25)26(27,28)29/h4-15H,3H2,1-2H3,(H,30,32,33). The van der Waals surface area contributed by atoms with Gasteiger partial charge >= 0.3 is 12.1 Å². The number of anilines is 2. The molecule has 2 aromatic carbocycles. The average molecular weight is 494 g/mol. The van der Waals surface area contributed by atoms with Crippen LogP contribution in [0.3, 0.4) is 0 Å². The first kappa shape index (κ1) is 24.6. The lowest BCUT2D eigenvalue weighted by Gasteiger charge is -2.11. The van der Waals surface area contributed by atoms with Crippen LogP contribution < -0.4 is 10.1 Å². The first-order valence-electron chi connectivity index (χ1n) is 10.9. The summed E-state index contributed by atoms with van der Waals surface area (Å²) in [6.45, 7) is 3.90. The fourth-order valence-corrected chi connectivity index (χ4v) is 3.33. The predicted octanol–water partition coefficient (Wildman–Crippen LogP) is 6.58. The normalized spacial score (nSPS) is 11.1. The van der Waals surface area contributed by atoms with E-state index in [1.807, 2.05) is 19.1 Å². The van der Waals surface area contributed by atoms with Crippen LogP contribution in [0, 0.1) is 6.92 Å². The molecule has 2 aromatic heterocycles. The minimum absolute atomic E-state index is 0.155. The van der Waals surface area contributed by atoms with E-state index in [1.54, 1.807) is 55.6 Å². The molecule has 7 nitrogen and oxygen atoms in total. The van der Waals surface area contributed by atoms with Gasteiger partial charge in [0.1, 0.15) is 11.4 Å². The number of aromatic nitrogens is 3. The number of aryl methyl sites for hydroxylation is 1. The summed E-state index contributed by atoms with van der Waals surface area (Å²) in [5, 5.41) is 2.83. The Balaban J connectivity index is 1.48. The van der Waals surface area contributed by atoms with Crippen LogP contribution in [0.4, 0.5) is 24.8 Å². The third-order valence-corrected chi connectivity index (χ3v) is 4.94. The number of carbonyl (C=O) groups is 1. The van der Waals surface area contributed by atoms with Gasteiger partial charge in [0.15, 0.2) is 0 Å². The Morgan fingerprint density at radius 3 is 2.42 bits per heavy atom. The van der Waals surface area contributed by atoms with Gasteiger partial charge in [0.25, 0.3) is 0 Å². The van der Waals surface area contributed by atoms with Gasteiger partial charge in [-0.25, -0.2) is 19.7 Å². The van der Waals surface area contributed by atoms with E-state index in [0.29, 0.717) is 29.5 Å². The van der Waals surface area contributed by atoms with Crippen LogP contribution in [-0.2, 0) is 10.9 Å². The van der Waals surface area contributed by atoms with E-state index in [9.17, 15) is 18.0 Å². The molecule has 0 amide bonds. The molecule has 0 saturated carbocycles. The summed E-state index contributed by atoms with van der Waals surface area (Å²) in [5.74, 6) is 0.299. The second-order valence-corrected chi connectivity index (χ2v) is 7.71. The van der Waals surface area contributed by atoms with Crippen LogP contribution in [-0.4, -0.2) is 27.5 Å². The number of carbonyl (C=O) groups excluding carboxylic acids is 1. The van der Waals surface area contributed by atoms with Crippen LogP contribution in [0.5, 0.6) is 11.6 Å². The second-order valence-electron chi connectivity index (χ2n) is 7.71. The van der Waals surface area contributed by atoms with Crippen LogP contribution >= 0.6 is 0 Å².